The minimum Gasteiger partial charge on any atom is -0.333 e. The molecule has 0 spiro atoms. The molecule has 1 aliphatic rings. The van der Waals surface area contributed by atoms with E-state index in [2.05, 4.69) is 10.6 Å². The van der Waals surface area contributed by atoms with E-state index in [0.717, 1.165) is 41.2 Å². The van der Waals surface area contributed by atoms with E-state index in [9.17, 15) is 9.59 Å². The summed E-state index contributed by atoms with van der Waals surface area (Å²) in [5.74, 6) is 0.127. The number of carbonyl (C=O) groups excluding carboxylic acids is 2. The number of nitrogens with one attached hydrogen (secondary N) is 2. The van der Waals surface area contributed by atoms with E-state index in [1.165, 1.54) is 0 Å². The maximum absolute atomic E-state index is 12.4. The number of amides is 3. The highest BCUT2D eigenvalue weighted by Gasteiger charge is 2.24. The minimum absolute atomic E-state index is 0.0215. The second kappa shape index (κ2) is 7.70. The van der Waals surface area contributed by atoms with Crippen LogP contribution in [0.3, 0.4) is 0 Å². The third kappa shape index (κ3) is 4.20. The zero-order chi connectivity index (χ0) is 17.8. The smallest absolute Gasteiger partial charge is 0.319 e. The van der Waals surface area contributed by atoms with Crippen molar-refractivity contribution in [1.82, 2.24) is 5.32 Å². The number of carbonyl (C=O) groups is 2. The maximum atomic E-state index is 12.4. The first kappa shape index (κ1) is 17.5. The summed E-state index contributed by atoms with van der Waals surface area (Å²) in [5.41, 5.74) is 2.83. The molecule has 0 fully saturated rings. The predicted molar refractivity (Wildman–Crippen MR) is 102 cm³/mol. The molecule has 2 aromatic rings. The van der Waals surface area contributed by atoms with Crippen LogP contribution in [0.2, 0.25) is 0 Å². The lowest BCUT2D eigenvalue weighted by molar-refractivity contribution is -0.121. The standard InChI is InChI=1S/C19H23N3O2S/c1-13(2)18(23)22-9-3-5-14-11-15(7-8-17(14)22)21-19(24)20-12-16-6-4-10-25-16/h4,6-8,10-11,13H,3,5,9,12H2,1-2H3,(H2,20,21,24). The Bertz CT molecular complexity index is 756. The summed E-state index contributed by atoms with van der Waals surface area (Å²) in [4.78, 5) is 27.4. The summed E-state index contributed by atoms with van der Waals surface area (Å²) in [5, 5.41) is 7.71. The third-order valence-electron chi connectivity index (χ3n) is 4.22. The lowest BCUT2D eigenvalue weighted by Crippen LogP contribution is -2.38. The first-order valence-electron chi connectivity index (χ1n) is 8.56. The molecule has 0 aliphatic carbocycles. The molecule has 6 heteroatoms. The van der Waals surface area contributed by atoms with Gasteiger partial charge in [-0.05, 0) is 48.1 Å². The molecule has 0 saturated carbocycles. The number of benzene rings is 1. The fourth-order valence-electron chi connectivity index (χ4n) is 2.97. The van der Waals surface area contributed by atoms with Crippen molar-refractivity contribution in [3.63, 3.8) is 0 Å². The monoisotopic (exact) mass is 357 g/mol. The molecule has 25 heavy (non-hydrogen) atoms. The van der Waals surface area contributed by atoms with Crippen molar-refractivity contribution in [3.05, 3.63) is 46.2 Å². The predicted octanol–water partition coefficient (Wildman–Crippen LogP) is 4.01. The molecule has 1 aliphatic heterocycles. The number of thiophene rings is 1. The molecule has 0 bridgehead atoms. The van der Waals surface area contributed by atoms with Crippen molar-refractivity contribution in [2.75, 3.05) is 16.8 Å². The van der Waals surface area contributed by atoms with Gasteiger partial charge in [0.25, 0.3) is 0 Å². The average Bonchev–Trinajstić information content (AvgIpc) is 3.12. The summed E-state index contributed by atoms with van der Waals surface area (Å²) < 4.78 is 0. The number of hydrogen-bond donors (Lipinski definition) is 2. The number of hydrogen-bond acceptors (Lipinski definition) is 3. The van der Waals surface area contributed by atoms with Crippen LogP contribution >= 0.6 is 11.3 Å². The van der Waals surface area contributed by atoms with Crippen LogP contribution in [0.25, 0.3) is 0 Å². The zero-order valence-electron chi connectivity index (χ0n) is 14.5. The van der Waals surface area contributed by atoms with Crippen LogP contribution in [0.5, 0.6) is 0 Å². The molecular weight excluding hydrogens is 334 g/mol. The fraction of sp³-hybridized carbons (Fsp3) is 0.368. The van der Waals surface area contributed by atoms with Gasteiger partial charge in [-0.25, -0.2) is 4.79 Å². The SMILES string of the molecule is CC(C)C(=O)N1CCCc2cc(NC(=O)NCc3cccs3)ccc21. The third-order valence-corrected chi connectivity index (χ3v) is 5.10. The zero-order valence-corrected chi connectivity index (χ0v) is 15.4. The van der Waals surface area contributed by atoms with E-state index >= 15 is 0 Å². The van der Waals surface area contributed by atoms with Crippen molar-refractivity contribution < 1.29 is 9.59 Å². The molecule has 3 amide bonds. The molecule has 1 aromatic heterocycles. The first-order valence-corrected chi connectivity index (χ1v) is 9.44. The van der Waals surface area contributed by atoms with Crippen molar-refractivity contribution in [2.45, 2.75) is 33.2 Å². The fourth-order valence-corrected chi connectivity index (χ4v) is 3.62. The Morgan fingerprint density at radius 1 is 1.28 bits per heavy atom. The van der Waals surface area contributed by atoms with Crippen LogP contribution < -0.4 is 15.5 Å². The molecule has 0 unspecified atom stereocenters. The normalized spacial score (nSPS) is 13.5. The van der Waals surface area contributed by atoms with Gasteiger partial charge >= 0.3 is 6.03 Å². The Labute approximate surface area is 152 Å². The van der Waals surface area contributed by atoms with Gasteiger partial charge < -0.3 is 15.5 Å². The van der Waals surface area contributed by atoms with Crippen LogP contribution in [0.15, 0.2) is 35.7 Å². The topological polar surface area (TPSA) is 61.4 Å². The Balaban J connectivity index is 1.66. The summed E-state index contributed by atoms with van der Waals surface area (Å²) in [6.45, 7) is 5.12. The summed E-state index contributed by atoms with van der Waals surface area (Å²) in [7, 11) is 0. The molecule has 2 N–H and O–H groups in total. The molecule has 0 radical (unpaired) electrons. The summed E-state index contributed by atoms with van der Waals surface area (Å²) in [6, 6.07) is 9.50. The Kier molecular flexibility index (Phi) is 5.38. The Hall–Kier alpha value is -2.34. The quantitative estimate of drug-likeness (QED) is 0.869. The van der Waals surface area contributed by atoms with Gasteiger partial charge in [-0.15, -0.1) is 11.3 Å². The van der Waals surface area contributed by atoms with Gasteiger partial charge in [-0.1, -0.05) is 19.9 Å². The van der Waals surface area contributed by atoms with E-state index in [1.54, 1.807) is 11.3 Å². The van der Waals surface area contributed by atoms with Gasteiger partial charge in [0.15, 0.2) is 0 Å². The van der Waals surface area contributed by atoms with Crippen LogP contribution in [0.4, 0.5) is 16.2 Å². The summed E-state index contributed by atoms with van der Waals surface area (Å²) in [6.07, 6.45) is 1.86. The van der Waals surface area contributed by atoms with Crippen LogP contribution in [0, 0.1) is 5.92 Å². The lowest BCUT2D eigenvalue weighted by atomic mass is 9.99. The van der Waals surface area contributed by atoms with Crippen molar-refractivity contribution in [1.29, 1.82) is 0 Å². The van der Waals surface area contributed by atoms with Gasteiger partial charge in [0.2, 0.25) is 5.91 Å². The number of aryl methyl sites for hydroxylation is 1. The van der Waals surface area contributed by atoms with E-state index in [0.29, 0.717) is 6.54 Å². The highest BCUT2D eigenvalue weighted by molar-refractivity contribution is 7.09. The van der Waals surface area contributed by atoms with Crippen molar-refractivity contribution in [3.8, 4) is 0 Å². The first-order chi connectivity index (χ1) is 12.0. The van der Waals surface area contributed by atoms with Gasteiger partial charge in [-0.2, -0.15) is 0 Å². The van der Waals surface area contributed by atoms with Crippen LogP contribution in [-0.2, 0) is 17.8 Å². The van der Waals surface area contributed by atoms with Crippen molar-refractivity contribution in [2.24, 2.45) is 5.92 Å². The highest BCUT2D eigenvalue weighted by Crippen LogP contribution is 2.30. The highest BCUT2D eigenvalue weighted by atomic mass is 32.1. The molecular formula is C19H23N3O2S. The molecule has 1 aromatic carbocycles. The lowest BCUT2D eigenvalue weighted by Gasteiger charge is -2.31. The van der Waals surface area contributed by atoms with Crippen LogP contribution in [0.1, 0.15) is 30.7 Å². The Morgan fingerprint density at radius 2 is 2.12 bits per heavy atom. The summed E-state index contributed by atoms with van der Waals surface area (Å²) >= 11 is 1.62. The van der Waals surface area contributed by atoms with Gasteiger partial charge in [-0.3, -0.25) is 4.79 Å². The van der Waals surface area contributed by atoms with E-state index in [-0.39, 0.29) is 17.9 Å². The van der Waals surface area contributed by atoms with E-state index in [4.69, 9.17) is 0 Å². The number of nitrogens with zero attached hydrogens (tertiary/aromatic N) is 1. The minimum atomic E-state index is -0.223. The van der Waals surface area contributed by atoms with Gasteiger partial charge in [0.1, 0.15) is 0 Å². The number of rotatable bonds is 4. The molecule has 132 valence electrons. The van der Waals surface area contributed by atoms with Crippen molar-refractivity contribution >= 4 is 34.6 Å². The van der Waals surface area contributed by atoms with Gasteiger partial charge in [0.05, 0.1) is 6.54 Å². The number of fused-ring (bicyclic) bond motifs is 1. The largest absolute Gasteiger partial charge is 0.333 e. The van der Waals surface area contributed by atoms with E-state index < -0.39 is 0 Å². The molecule has 3 rings (SSSR count). The molecule has 5 nitrogen and oxygen atoms in total. The number of urea groups is 1. The second-order valence-electron chi connectivity index (χ2n) is 6.48. The van der Waals surface area contributed by atoms with E-state index in [1.807, 2.05) is 54.5 Å². The van der Waals surface area contributed by atoms with Crippen LogP contribution in [-0.4, -0.2) is 18.5 Å². The molecule has 0 atom stereocenters. The molecule has 0 saturated heterocycles. The number of anilines is 2. The molecule has 2 heterocycles. The second-order valence-corrected chi connectivity index (χ2v) is 7.51. The Morgan fingerprint density at radius 3 is 2.84 bits per heavy atom. The average molecular weight is 357 g/mol. The van der Waals surface area contributed by atoms with Gasteiger partial charge in [0, 0.05) is 28.7 Å². The maximum Gasteiger partial charge on any atom is 0.319 e.